The van der Waals surface area contributed by atoms with Gasteiger partial charge < -0.3 is 5.73 Å². The van der Waals surface area contributed by atoms with Crippen molar-refractivity contribution in [1.29, 1.82) is 0 Å². The van der Waals surface area contributed by atoms with Crippen molar-refractivity contribution in [3.05, 3.63) is 11.8 Å². The van der Waals surface area contributed by atoms with E-state index in [2.05, 4.69) is 10.2 Å². The molecule has 2 bridgehead atoms. The van der Waals surface area contributed by atoms with Gasteiger partial charge in [-0.2, -0.15) is 5.10 Å². The zero-order valence-corrected chi connectivity index (χ0v) is 9.35. The molecule has 6 heteroatoms. The molecule has 3 N–H and O–H groups in total. The van der Waals surface area contributed by atoms with E-state index in [-0.39, 0.29) is 30.2 Å². The van der Waals surface area contributed by atoms with Gasteiger partial charge >= 0.3 is 0 Å². The number of anilines is 1. The minimum absolute atomic E-state index is 0.00776. The van der Waals surface area contributed by atoms with Gasteiger partial charge in [0, 0.05) is 23.9 Å². The fourth-order valence-corrected chi connectivity index (χ4v) is 2.77. The maximum atomic E-state index is 12.2. The SMILES string of the molecule is NCc1cn[nH]c1N1C(=O)C2CCC(C2)C1=O. The summed E-state index contributed by atoms with van der Waals surface area (Å²) in [4.78, 5) is 25.6. The van der Waals surface area contributed by atoms with Crippen LogP contribution in [0.25, 0.3) is 0 Å². The number of piperidine rings is 1. The van der Waals surface area contributed by atoms with Crippen molar-refractivity contribution in [1.82, 2.24) is 10.2 Å². The number of carbonyl (C=O) groups excluding carboxylic acids is 2. The van der Waals surface area contributed by atoms with Crippen LogP contribution >= 0.6 is 0 Å². The summed E-state index contributed by atoms with van der Waals surface area (Å²) >= 11 is 0. The third kappa shape index (κ3) is 1.40. The molecule has 1 aromatic rings. The predicted octanol–water partition coefficient (Wildman–Crippen LogP) is 0.158. The molecule has 2 atom stereocenters. The molecule has 2 unspecified atom stereocenters. The predicted molar refractivity (Wildman–Crippen MR) is 59.8 cm³/mol. The normalized spacial score (nSPS) is 27.9. The number of rotatable bonds is 2. The molecule has 2 amide bonds. The Morgan fingerprint density at radius 1 is 1.35 bits per heavy atom. The van der Waals surface area contributed by atoms with E-state index in [0.717, 1.165) is 12.8 Å². The molecule has 1 aliphatic heterocycles. The van der Waals surface area contributed by atoms with Gasteiger partial charge in [-0.05, 0) is 19.3 Å². The lowest BCUT2D eigenvalue weighted by Gasteiger charge is -2.28. The van der Waals surface area contributed by atoms with E-state index in [0.29, 0.717) is 17.8 Å². The Kier molecular flexibility index (Phi) is 2.25. The number of fused-ring (bicyclic) bond motifs is 2. The maximum Gasteiger partial charge on any atom is 0.238 e. The van der Waals surface area contributed by atoms with Crippen molar-refractivity contribution in [2.75, 3.05) is 4.90 Å². The van der Waals surface area contributed by atoms with Crippen LogP contribution in [-0.4, -0.2) is 22.0 Å². The molecule has 1 saturated carbocycles. The Bertz CT molecular complexity index is 460. The first-order chi connectivity index (χ1) is 8.22. The molecule has 1 saturated heterocycles. The summed E-state index contributed by atoms with van der Waals surface area (Å²) in [5, 5.41) is 6.57. The van der Waals surface area contributed by atoms with Crippen LogP contribution in [0.5, 0.6) is 0 Å². The number of H-pyrrole nitrogens is 1. The summed E-state index contributed by atoms with van der Waals surface area (Å²) < 4.78 is 0. The van der Waals surface area contributed by atoms with Crippen LogP contribution in [0.4, 0.5) is 5.82 Å². The first-order valence-electron chi connectivity index (χ1n) is 5.82. The van der Waals surface area contributed by atoms with E-state index in [1.807, 2.05) is 0 Å². The van der Waals surface area contributed by atoms with E-state index in [4.69, 9.17) is 5.73 Å². The fourth-order valence-electron chi connectivity index (χ4n) is 2.77. The summed E-state index contributed by atoms with van der Waals surface area (Å²) in [6, 6.07) is 0. The average Bonchev–Trinajstić information content (AvgIpc) is 2.95. The van der Waals surface area contributed by atoms with Gasteiger partial charge in [0.1, 0.15) is 5.82 Å². The number of nitrogens with two attached hydrogens (primary N) is 1. The molecule has 3 rings (SSSR count). The molecule has 90 valence electrons. The lowest BCUT2D eigenvalue weighted by molar-refractivity contribution is -0.133. The topological polar surface area (TPSA) is 92.1 Å². The molecular formula is C11H14N4O2. The van der Waals surface area contributed by atoms with Crippen LogP contribution in [0.3, 0.4) is 0 Å². The summed E-state index contributed by atoms with van der Waals surface area (Å²) in [7, 11) is 0. The van der Waals surface area contributed by atoms with Crippen molar-refractivity contribution in [3.8, 4) is 0 Å². The third-order valence-electron chi connectivity index (χ3n) is 3.71. The van der Waals surface area contributed by atoms with Gasteiger partial charge in [0.25, 0.3) is 0 Å². The molecular weight excluding hydrogens is 220 g/mol. The van der Waals surface area contributed by atoms with E-state index in [1.54, 1.807) is 6.20 Å². The summed E-state index contributed by atoms with van der Waals surface area (Å²) in [5.74, 6) is 0.225. The molecule has 17 heavy (non-hydrogen) atoms. The smallest absolute Gasteiger partial charge is 0.238 e. The van der Waals surface area contributed by atoms with Gasteiger partial charge in [-0.1, -0.05) is 0 Å². The van der Waals surface area contributed by atoms with Gasteiger partial charge in [0.05, 0.1) is 6.20 Å². The molecule has 1 aromatic heterocycles. The molecule has 2 fully saturated rings. The summed E-state index contributed by atoms with van der Waals surface area (Å²) in [6.07, 6.45) is 3.91. The van der Waals surface area contributed by atoms with E-state index >= 15 is 0 Å². The van der Waals surface area contributed by atoms with E-state index in [9.17, 15) is 9.59 Å². The van der Waals surface area contributed by atoms with Gasteiger partial charge in [0.15, 0.2) is 0 Å². The monoisotopic (exact) mass is 234 g/mol. The Morgan fingerprint density at radius 3 is 2.59 bits per heavy atom. The van der Waals surface area contributed by atoms with E-state index < -0.39 is 0 Å². The number of amides is 2. The summed E-state index contributed by atoms with van der Waals surface area (Å²) in [5.41, 5.74) is 6.27. The van der Waals surface area contributed by atoms with Crippen molar-refractivity contribution < 1.29 is 9.59 Å². The summed E-state index contributed by atoms with van der Waals surface area (Å²) in [6.45, 7) is 0.262. The van der Waals surface area contributed by atoms with Gasteiger partial charge in [-0.3, -0.25) is 14.7 Å². The van der Waals surface area contributed by atoms with Crippen LogP contribution in [0.2, 0.25) is 0 Å². The quantitative estimate of drug-likeness (QED) is 0.713. The lowest BCUT2D eigenvalue weighted by Crippen LogP contribution is -2.47. The zero-order valence-electron chi connectivity index (χ0n) is 9.35. The Hall–Kier alpha value is -1.69. The van der Waals surface area contributed by atoms with Crippen molar-refractivity contribution >= 4 is 17.6 Å². The number of hydrogen-bond acceptors (Lipinski definition) is 4. The molecule has 0 radical (unpaired) electrons. The molecule has 2 aliphatic rings. The van der Waals surface area contributed by atoms with Crippen molar-refractivity contribution in [2.45, 2.75) is 25.8 Å². The number of imide groups is 1. The third-order valence-corrected chi connectivity index (χ3v) is 3.71. The molecule has 0 spiro atoms. The first kappa shape index (κ1) is 10.5. The zero-order chi connectivity index (χ0) is 12.0. The standard InChI is InChI=1S/C11H14N4O2/c12-4-8-5-13-14-9(8)15-10(16)6-1-2-7(3-6)11(15)17/h5-7H,1-4,12H2,(H,13,14). The molecule has 2 heterocycles. The maximum absolute atomic E-state index is 12.2. The molecule has 1 aliphatic carbocycles. The Labute approximate surface area is 98.2 Å². The van der Waals surface area contributed by atoms with Crippen LogP contribution in [0.1, 0.15) is 24.8 Å². The fraction of sp³-hybridized carbons (Fsp3) is 0.545. The van der Waals surface area contributed by atoms with Gasteiger partial charge in [-0.15, -0.1) is 0 Å². The second-order valence-electron chi connectivity index (χ2n) is 4.67. The molecule has 6 nitrogen and oxygen atoms in total. The minimum atomic E-state index is -0.109. The number of hydrogen-bond donors (Lipinski definition) is 2. The van der Waals surface area contributed by atoms with E-state index in [1.165, 1.54) is 4.90 Å². The van der Waals surface area contributed by atoms with Crippen molar-refractivity contribution in [2.24, 2.45) is 17.6 Å². The van der Waals surface area contributed by atoms with Crippen molar-refractivity contribution in [3.63, 3.8) is 0 Å². The second kappa shape index (κ2) is 3.66. The average molecular weight is 234 g/mol. The number of carbonyl (C=O) groups is 2. The number of aromatic nitrogens is 2. The Morgan fingerprint density at radius 2 is 2.00 bits per heavy atom. The number of aromatic amines is 1. The highest BCUT2D eigenvalue weighted by molar-refractivity contribution is 6.18. The van der Waals surface area contributed by atoms with Crippen LogP contribution in [-0.2, 0) is 16.1 Å². The second-order valence-corrected chi connectivity index (χ2v) is 4.67. The highest BCUT2D eigenvalue weighted by Gasteiger charge is 2.46. The minimum Gasteiger partial charge on any atom is -0.326 e. The van der Waals surface area contributed by atoms with Gasteiger partial charge in [0.2, 0.25) is 11.8 Å². The van der Waals surface area contributed by atoms with Crippen LogP contribution in [0.15, 0.2) is 6.20 Å². The Balaban J connectivity index is 2.02. The highest BCUT2D eigenvalue weighted by atomic mass is 16.2. The number of nitrogens with zero attached hydrogens (tertiary/aromatic N) is 2. The van der Waals surface area contributed by atoms with Crippen LogP contribution < -0.4 is 10.6 Å². The molecule has 0 aromatic carbocycles. The lowest BCUT2D eigenvalue weighted by atomic mass is 9.97. The van der Waals surface area contributed by atoms with Gasteiger partial charge in [-0.25, -0.2) is 4.90 Å². The first-order valence-corrected chi connectivity index (χ1v) is 5.82. The largest absolute Gasteiger partial charge is 0.326 e. The highest BCUT2D eigenvalue weighted by Crippen LogP contribution is 2.40. The number of nitrogens with one attached hydrogen (secondary N) is 1. The van der Waals surface area contributed by atoms with Crippen LogP contribution in [0, 0.1) is 11.8 Å².